The molecule has 1 aliphatic carbocycles. The number of hydrogen-bond donors (Lipinski definition) is 5. The molecular formula is C27H31N7O2. The van der Waals surface area contributed by atoms with Gasteiger partial charge in [0.2, 0.25) is 5.95 Å². The van der Waals surface area contributed by atoms with E-state index >= 15 is 0 Å². The third-order valence-corrected chi connectivity index (χ3v) is 6.87. The van der Waals surface area contributed by atoms with E-state index in [4.69, 9.17) is 11.5 Å². The Morgan fingerprint density at radius 1 is 1.11 bits per heavy atom. The van der Waals surface area contributed by atoms with Crippen LogP contribution >= 0.6 is 0 Å². The monoisotopic (exact) mass is 485 g/mol. The molecule has 0 saturated heterocycles. The number of primary amides is 1. The molecule has 36 heavy (non-hydrogen) atoms. The van der Waals surface area contributed by atoms with Crippen LogP contribution in [0, 0.1) is 0 Å². The number of carbonyl (C=O) groups is 1. The van der Waals surface area contributed by atoms with Crippen molar-refractivity contribution < 1.29 is 9.90 Å². The molecule has 0 bridgehead atoms. The number of carbonyl (C=O) groups excluding carboxylic acids is 1. The summed E-state index contributed by atoms with van der Waals surface area (Å²) in [5, 5.41) is 17.7. The maximum absolute atomic E-state index is 12.1. The Hall–Kier alpha value is -4.11. The molecule has 2 aromatic heterocycles. The van der Waals surface area contributed by atoms with Crippen molar-refractivity contribution in [1.82, 2.24) is 14.5 Å². The lowest BCUT2D eigenvalue weighted by Gasteiger charge is -2.29. The van der Waals surface area contributed by atoms with Crippen LogP contribution in [0.2, 0.25) is 0 Å². The number of fused-ring (bicyclic) bond motifs is 1. The van der Waals surface area contributed by atoms with E-state index in [0.29, 0.717) is 30.5 Å². The Kier molecular flexibility index (Phi) is 6.73. The summed E-state index contributed by atoms with van der Waals surface area (Å²) in [6.45, 7) is 0.709. The number of rotatable bonds is 8. The Bertz CT molecular complexity index is 1380. The first-order valence-electron chi connectivity index (χ1n) is 12.3. The van der Waals surface area contributed by atoms with Crippen LogP contribution in [0.25, 0.3) is 10.9 Å². The van der Waals surface area contributed by atoms with E-state index in [1.807, 2.05) is 48.7 Å². The number of aryl methyl sites for hydroxylation is 2. The normalized spacial score (nSPS) is 17.7. The van der Waals surface area contributed by atoms with E-state index in [9.17, 15) is 9.90 Å². The number of para-hydroxylation sites is 1. The quantitative estimate of drug-likeness (QED) is 0.254. The number of nitrogens with two attached hydrogens (primary N) is 2. The van der Waals surface area contributed by atoms with Gasteiger partial charge >= 0.3 is 0 Å². The zero-order chi connectivity index (χ0) is 25.1. The molecule has 1 saturated carbocycles. The zero-order valence-corrected chi connectivity index (χ0v) is 20.0. The number of hydrogen-bond acceptors (Lipinski definition) is 7. The fraction of sp³-hybridized carbons (Fsp3) is 0.296. The van der Waals surface area contributed by atoms with Crippen molar-refractivity contribution in [3.63, 3.8) is 0 Å². The molecule has 186 valence electrons. The van der Waals surface area contributed by atoms with Gasteiger partial charge in [-0.05, 0) is 49.1 Å². The van der Waals surface area contributed by atoms with Crippen LogP contribution < -0.4 is 22.1 Å². The van der Waals surface area contributed by atoms with Crippen molar-refractivity contribution in [1.29, 1.82) is 0 Å². The van der Waals surface area contributed by atoms with Gasteiger partial charge in [-0.1, -0.05) is 37.1 Å². The Morgan fingerprint density at radius 2 is 1.94 bits per heavy atom. The average Bonchev–Trinajstić information content (AvgIpc) is 3.29. The zero-order valence-electron chi connectivity index (χ0n) is 20.0. The summed E-state index contributed by atoms with van der Waals surface area (Å²) in [5.74, 6) is 0.458. The molecule has 2 unspecified atom stereocenters. The number of nitrogens with zero attached hydrogens (tertiary/aromatic N) is 3. The maximum Gasteiger partial charge on any atom is 0.254 e. The van der Waals surface area contributed by atoms with E-state index in [1.54, 1.807) is 6.07 Å². The molecule has 1 amide bonds. The summed E-state index contributed by atoms with van der Waals surface area (Å²) in [7, 11) is 0. The number of anilines is 3. The molecule has 0 aliphatic heterocycles. The third-order valence-electron chi connectivity index (χ3n) is 6.87. The van der Waals surface area contributed by atoms with Crippen LogP contribution in [-0.2, 0) is 13.0 Å². The minimum absolute atomic E-state index is 0.0425. The summed E-state index contributed by atoms with van der Waals surface area (Å²) in [6.07, 6.45) is 8.32. The van der Waals surface area contributed by atoms with Gasteiger partial charge in [0.25, 0.3) is 5.91 Å². The van der Waals surface area contributed by atoms with Gasteiger partial charge in [-0.25, -0.2) is 4.98 Å². The van der Waals surface area contributed by atoms with E-state index in [1.165, 1.54) is 6.20 Å². The summed E-state index contributed by atoms with van der Waals surface area (Å²) in [6, 6.07) is 15.5. The van der Waals surface area contributed by atoms with Gasteiger partial charge in [-0.2, -0.15) is 4.98 Å². The molecular weight excluding hydrogens is 454 g/mol. The molecule has 0 radical (unpaired) electrons. The fourth-order valence-corrected chi connectivity index (χ4v) is 4.85. The second-order valence-corrected chi connectivity index (χ2v) is 9.27. The molecule has 7 N–H and O–H groups in total. The Morgan fingerprint density at radius 3 is 2.75 bits per heavy atom. The van der Waals surface area contributed by atoms with Crippen LogP contribution in [-0.4, -0.2) is 37.6 Å². The van der Waals surface area contributed by atoms with Gasteiger partial charge in [0.05, 0.1) is 5.52 Å². The predicted molar refractivity (Wildman–Crippen MR) is 141 cm³/mol. The molecule has 9 nitrogen and oxygen atoms in total. The topological polar surface area (TPSA) is 144 Å². The number of aromatic hydroxyl groups is 1. The molecule has 1 aliphatic rings. The van der Waals surface area contributed by atoms with E-state index in [0.717, 1.165) is 47.8 Å². The number of phenolic OH excluding ortho intramolecular Hbond substituents is 1. The minimum Gasteiger partial charge on any atom is -0.508 e. The lowest BCUT2D eigenvalue weighted by Crippen LogP contribution is -2.43. The van der Waals surface area contributed by atoms with Crippen molar-refractivity contribution in [2.24, 2.45) is 11.5 Å². The van der Waals surface area contributed by atoms with Crippen LogP contribution in [0.1, 0.15) is 41.6 Å². The first-order valence-corrected chi connectivity index (χ1v) is 12.3. The van der Waals surface area contributed by atoms with Crippen LogP contribution in [0.5, 0.6) is 5.75 Å². The van der Waals surface area contributed by atoms with Gasteiger partial charge < -0.3 is 31.8 Å². The summed E-state index contributed by atoms with van der Waals surface area (Å²) < 4.78 is 2.14. The average molecular weight is 486 g/mol. The highest BCUT2D eigenvalue weighted by Crippen LogP contribution is 2.29. The standard InChI is InChI=1S/C27H31N7O2/c28-20-7-2-3-8-22(20)32-27-30-16-19(25(29)36)26(33-27)31-21-9-5-10-23-18(21)13-15-34(23)14-12-17-6-1-4-11-24(17)35/h1,4-6,9-11,13,15-16,20,22,35H,2-3,7-8,12,14,28H2,(H2,29,36)(H2,30,31,32,33). The van der Waals surface area contributed by atoms with Crippen molar-refractivity contribution in [2.45, 2.75) is 50.7 Å². The smallest absolute Gasteiger partial charge is 0.254 e. The summed E-state index contributed by atoms with van der Waals surface area (Å²) in [5.41, 5.74) is 14.8. The maximum atomic E-state index is 12.1. The van der Waals surface area contributed by atoms with Gasteiger partial charge in [-0.3, -0.25) is 4.79 Å². The molecule has 4 aromatic rings. The molecule has 5 rings (SSSR count). The van der Waals surface area contributed by atoms with Crippen LogP contribution in [0.4, 0.5) is 17.5 Å². The lowest BCUT2D eigenvalue weighted by atomic mass is 9.91. The van der Waals surface area contributed by atoms with Crippen LogP contribution in [0.3, 0.4) is 0 Å². The first kappa shape index (κ1) is 23.6. The first-order chi connectivity index (χ1) is 17.5. The fourth-order valence-electron chi connectivity index (χ4n) is 4.85. The van der Waals surface area contributed by atoms with Gasteiger partial charge in [0, 0.05) is 42.1 Å². The summed E-state index contributed by atoms with van der Waals surface area (Å²) in [4.78, 5) is 21.0. The number of phenols is 1. The molecule has 0 spiro atoms. The van der Waals surface area contributed by atoms with E-state index < -0.39 is 5.91 Å². The number of nitrogens with one attached hydrogen (secondary N) is 2. The molecule has 2 heterocycles. The highest BCUT2D eigenvalue weighted by Gasteiger charge is 2.23. The van der Waals surface area contributed by atoms with Crippen molar-refractivity contribution in [3.8, 4) is 5.75 Å². The number of amides is 1. The van der Waals surface area contributed by atoms with Crippen molar-refractivity contribution in [3.05, 3.63) is 72.1 Å². The Labute approximate surface area is 209 Å². The van der Waals surface area contributed by atoms with Gasteiger partial charge in [0.1, 0.15) is 17.1 Å². The number of benzene rings is 2. The molecule has 1 fully saturated rings. The molecule has 2 aromatic carbocycles. The van der Waals surface area contributed by atoms with Crippen molar-refractivity contribution >= 4 is 34.3 Å². The van der Waals surface area contributed by atoms with E-state index in [-0.39, 0.29) is 17.6 Å². The largest absolute Gasteiger partial charge is 0.508 e. The van der Waals surface area contributed by atoms with E-state index in [2.05, 4.69) is 25.2 Å². The highest BCUT2D eigenvalue weighted by molar-refractivity contribution is 6.00. The van der Waals surface area contributed by atoms with Crippen molar-refractivity contribution in [2.75, 3.05) is 10.6 Å². The SMILES string of the molecule is NC(=O)c1cnc(NC2CCCCC2N)nc1Nc1cccc2c1ccn2CCc1ccccc1O. The third kappa shape index (κ3) is 4.96. The minimum atomic E-state index is -0.606. The molecule has 2 atom stereocenters. The summed E-state index contributed by atoms with van der Waals surface area (Å²) >= 11 is 0. The molecule has 9 heteroatoms. The number of aromatic nitrogens is 3. The highest BCUT2D eigenvalue weighted by atomic mass is 16.3. The lowest BCUT2D eigenvalue weighted by molar-refractivity contribution is 0.100. The Balaban J connectivity index is 1.40. The van der Waals surface area contributed by atoms with Crippen LogP contribution in [0.15, 0.2) is 60.9 Å². The van der Waals surface area contributed by atoms with Gasteiger partial charge in [-0.15, -0.1) is 0 Å². The van der Waals surface area contributed by atoms with Gasteiger partial charge in [0.15, 0.2) is 0 Å². The predicted octanol–water partition coefficient (Wildman–Crippen LogP) is 3.90. The second kappa shape index (κ2) is 10.2. The second-order valence-electron chi connectivity index (χ2n) is 9.27.